The molecule has 3 heterocycles. The molecule has 5 nitrogen and oxygen atoms in total. The van der Waals surface area contributed by atoms with Gasteiger partial charge in [-0.05, 0) is 68.9 Å². The Morgan fingerprint density at radius 2 is 1.91 bits per heavy atom. The Bertz CT molecular complexity index is 1340. The quantitative estimate of drug-likeness (QED) is 0.481. The van der Waals surface area contributed by atoms with E-state index in [0.29, 0.717) is 16.3 Å². The number of fused-ring (bicyclic) bond motifs is 5. The summed E-state index contributed by atoms with van der Waals surface area (Å²) in [7, 11) is -2.13. The van der Waals surface area contributed by atoms with E-state index in [1.54, 1.807) is 23.2 Å². The van der Waals surface area contributed by atoms with Gasteiger partial charge in [-0.1, -0.05) is 42.3 Å². The average molecular weight is 465 g/mol. The Morgan fingerprint density at radius 3 is 2.58 bits per heavy atom. The Morgan fingerprint density at radius 1 is 1.15 bits per heavy atom. The fraction of sp³-hybridized carbons (Fsp3) is 0.407. The summed E-state index contributed by atoms with van der Waals surface area (Å²) in [6.07, 6.45) is 5.03. The molecule has 1 aromatic heterocycles. The SMILES string of the molecule is C/C=C1\C[C@H]2c3c(c4c(OC)cccc4n3S(=O)(=O)c3ccc(C)cc3)CCN2C[C@@H]1CC. The van der Waals surface area contributed by atoms with Crippen LogP contribution in [0.15, 0.2) is 59.0 Å². The number of piperidine rings is 1. The topological polar surface area (TPSA) is 51.5 Å². The molecule has 0 saturated carbocycles. The van der Waals surface area contributed by atoms with Crippen molar-refractivity contribution < 1.29 is 13.2 Å². The number of hydrogen-bond acceptors (Lipinski definition) is 4. The van der Waals surface area contributed by atoms with Crippen LogP contribution in [0.5, 0.6) is 5.75 Å². The maximum Gasteiger partial charge on any atom is 0.268 e. The summed E-state index contributed by atoms with van der Waals surface area (Å²) in [5.41, 5.74) is 5.21. The molecule has 2 aliphatic rings. The van der Waals surface area contributed by atoms with Gasteiger partial charge in [-0.2, -0.15) is 0 Å². The number of methoxy groups -OCH3 is 1. The van der Waals surface area contributed by atoms with Crippen molar-refractivity contribution in [3.05, 3.63) is 70.9 Å². The third kappa shape index (κ3) is 3.42. The van der Waals surface area contributed by atoms with E-state index in [1.807, 2.05) is 37.3 Å². The van der Waals surface area contributed by atoms with Crippen molar-refractivity contribution >= 4 is 20.9 Å². The van der Waals surface area contributed by atoms with Crippen LogP contribution in [0.1, 0.15) is 49.6 Å². The number of aryl methyl sites for hydroxylation is 1. The Labute approximate surface area is 196 Å². The lowest BCUT2D eigenvalue weighted by atomic mass is 9.81. The first kappa shape index (κ1) is 22.2. The third-order valence-corrected chi connectivity index (χ3v) is 9.25. The number of aromatic nitrogens is 1. The minimum absolute atomic E-state index is 0.0417. The van der Waals surface area contributed by atoms with Gasteiger partial charge >= 0.3 is 0 Å². The highest BCUT2D eigenvalue weighted by molar-refractivity contribution is 7.90. The highest BCUT2D eigenvalue weighted by atomic mass is 32.2. The molecule has 0 spiro atoms. The zero-order chi connectivity index (χ0) is 23.3. The summed E-state index contributed by atoms with van der Waals surface area (Å²) in [5, 5.41) is 0.935. The zero-order valence-electron chi connectivity index (χ0n) is 19.8. The van der Waals surface area contributed by atoms with Crippen LogP contribution < -0.4 is 4.74 Å². The largest absolute Gasteiger partial charge is 0.496 e. The normalized spacial score (nSPS) is 22.4. The van der Waals surface area contributed by atoms with Gasteiger partial charge in [-0.3, -0.25) is 4.90 Å². The smallest absolute Gasteiger partial charge is 0.268 e. The number of rotatable bonds is 4. The lowest BCUT2D eigenvalue weighted by Gasteiger charge is -2.44. The molecule has 2 aliphatic heterocycles. The van der Waals surface area contributed by atoms with Gasteiger partial charge in [0.15, 0.2) is 0 Å². The van der Waals surface area contributed by atoms with Gasteiger partial charge in [0.05, 0.1) is 29.3 Å². The van der Waals surface area contributed by atoms with Gasteiger partial charge in [0.2, 0.25) is 0 Å². The van der Waals surface area contributed by atoms with Crippen molar-refractivity contribution in [2.75, 3.05) is 20.2 Å². The highest BCUT2D eigenvalue weighted by Crippen LogP contribution is 2.47. The number of hydrogen-bond donors (Lipinski definition) is 0. The Kier molecular flexibility index (Phi) is 5.61. The summed E-state index contributed by atoms with van der Waals surface area (Å²) >= 11 is 0. The molecule has 3 aromatic rings. The minimum atomic E-state index is -3.78. The molecular formula is C27H32N2O3S. The summed E-state index contributed by atoms with van der Waals surface area (Å²) in [6.45, 7) is 8.24. The molecule has 2 aromatic carbocycles. The molecule has 2 atom stereocenters. The predicted molar refractivity (Wildman–Crippen MR) is 132 cm³/mol. The van der Waals surface area contributed by atoms with Crippen LogP contribution in [0.3, 0.4) is 0 Å². The second kappa shape index (κ2) is 8.33. The van der Waals surface area contributed by atoms with E-state index < -0.39 is 10.0 Å². The molecule has 5 rings (SSSR count). The first-order chi connectivity index (χ1) is 15.9. The molecule has 0 radical (unpaired) electrons. The fourth-order valence-electron chi connectivity index (χ4n) is 5.77. The van der Waals surface area contributed by atoms with Crippen molar-refractivity contribution in [3.63, 3.8) is 0 Å². The summed E-state index contributed by atoms with van der Waals surface area (Å²) in [5.74, 6) is 1.28. The van der Waals surface area contributed by atoms with Gasteiger partial charge in [0, 0.05) is 18.5 Å². The molecule has 1 saturated heterocycles. The number of benzene rings is 2. The van der Waals surface area contributed by atoms with E-state index >= 15 is 0 Å². The van der Waals surface area contributed by atoms with Crippen molar-refractivity contribution in [2.45, 2.75) is 51.0 Å². The Hall–Kier alpha value is -2.57. The van der Waals surface area contributed by atoms with E-state index in [2.05, 4.69) is 24.8 Å². The van der Waals surface area contributed by atoms with Crippen molar-refractivity contribution in [1.82, 2.24) is 8.87 Å². The van der Waals surface area contributed by atoms with Crippen molar-refractivity contribution in [2.24, 2.45) is 5.92 Å². The summed E-state index contributed by atoms with van der Waals surface area (Å²) in [6, 6.07) is 12.9. The Balaban J connectivity index is 1.80. The monoisotopic (exact) mass is 464 g/mol. The zero-order valence-corrected chi connectivity index (χ0v) is 20.7. The average Bonchev–Trinajstić information content (AvgIpc) is 3.19. The van der Waals surface area contributed by atoms with Crippen LogP contribution in [0.2, 0.25) is 0 Å². The lowest BCUT2D eigenvalue weighted by molar-refractivity contribution is 0.127. The molecule has 0 bridgehead atoms. The lowest BCUT2D eigenvalue weighted by Crippen LogP contribution is -2.44. The molecule has 33 heavy (non-hydrogen) atoms. The van der Waals surface area contributed by atoms with Crippen molar-refractivity contribution in [3.8, 4) is 5.75 Å². The molecule has 6 heteroatoms. The number of nitrogens with zero attached hydrogens (tertiary/aromatic N) is 2. The van der Waals surface area contributed by atoms with Crippen molar-refractivity contribution in [1.29, 1.82) is 0 Å². The summed E-state index contributed by atoms with van der Waals surface area (Å²) in [4.78, 5) is 2.82. The maximum absolute atomic E-state index is 14.1. The molecule has 174 valence electrons. The van der Waals surface area contributed by atoms with Gasteiger partial charge in [-0.25, -0.2) is 12.4 Å². The van der Waals surface area contributed by atoms with Gasteiger partial charge in [0.25, 0.3) is 10.0 Å². The van der Waals surface area contributed by atoms with E-state index in [0.717, 1.165) is 60.3 Å². The van der Waals surface area contributed by atoms with Gasteiger partial charge in [-0.15, -0.1) is 0 Å². The van der Waals surface area contributed by atoms with Crippen LogP contribution in [-0.4, -0.2) is 37.5 Å². The summed E-state index contributed by atoms with van der Waals surface area (Å²) < 4.78 is 35.6. The molecule has 0 unspecified atom stereocenters. The van der Waals surface area contributed by atoms with Crippen LogP contribution in [0, 0.1) is 12.8 Å². The standard InChI is InChI=1S/C27H32N2O3S/c1-5-19-16-24-27-22(14-15-28(24)17-20(19)6-2)26-23(8-7-9-25(26)32-4)29(27)33(30,31)21-12-10-18(3)11-13-21/h5,7-13,20,24H,6,14-17H2,1-4H3/b19-5+/t20-,24-/m0/s1. The van der Waals surface area contributed by atoms with Crippen LogP contribution in [0.4, 0.5) is 0 Å². The molecular weight excluding hydrogens is 432 g/mol. The molecule has 0 amide bonds. The first-order valence-corrected chi connectivity index (χ1v) is 13.3. The van der Waals surface area contributed by atoms with Crippen LogP contribution in [0.25, 0.3) is 10.9 Å². The molecule has 0 aliphatic carbocycles. The second-order valence-electron chi connectivity index (χ2n) is 9.23. The number of allylic oxidation sites excluding steroid dienone is 1. The maximum atomic E-state index is 14.1. The van der Waals surface area contributed by atoms with Gasteiger partial charge < -0.3 is 4.74 Å². The second-order valence-corrected chi connectivity index (χ2v) is 11.0. The van der Waals surface area contributed by atoms with E-state index in [-0.39, 0.29) is 6.04 Å². The molecule has 1 fully saturated rings. The van der Waals surface area contributed by atoms with Gasteiger partial charge in [0.1, 0.15) is 5.75 Å². The predicted octanol–water partition coefficient (Wildman–Crippen LogP) is 5.47. The highest BCUT2D eigenvalue weighted by Gasteiger charge is 2.41. The van der Waals surface area contributed by atoms with E-state index in [4.69, 9.17) is 4.74 Å². The van der Waals surface area contributed by atoms with E-state index in [1.165, 1.54) is 5.57 Å². The minimum Gasteiger partial charge on any atom is -0.496 e. The van der Waals surface area contributed by atoms with Crippen LogP contribution >= 0.6 is 0 Å². The van der Waals surface area contributed by atoms with Crippen LogP contribution in [-0.2, 0) is 16.4 Å². The molecule has 0 N–H and O–H groups in total. The number of ether oxygens (including phenoxy) is 1. The fourth-order valence-corrected chi connectivity index (χ4v) is 7.36. The first-order valence-electron chi connectivity index (χ1n) is 11.8. The van der Waals surface area contributed by atoms with E-state index in [9.17, 15) is 8.42 Å². The third-order valence-electron chi connectivity index (χ3n) is 7.51.